The molecule has 0 unspecified atom stereocenters. The third-order valence-electron chi connectivity index (χ3n) is 5.87. The average Bonchev–Trinajstić information content (AvgIpc) is 2.97. The molecule has 2 aliphatic heterocycles. The quantitative estimate of drug-likeness (QED) is 0.704. The van der Waals surface area contributed by atoms with E-state index in [4.69, 9.17) is 9.47 Å². The average molecular weight is 434 g/mol. The molecule has 0 aromatic heterocycles. The molecule has 2 atom stereocenters. The maximum Gasteiger partial charge on any atom is 0.339 e. The van der Waals surface area contributed by atoms with Crippen LogP contribution in [0.2, 0.25) is 0 Å². The smallest absolute Gasteiger partial charge is 0.339 e. The van der Waals surface area contributed by atoms with Crippen molar-refractivity contribution in [3.63, 3.8) is 0 Å². The number of amides is 1. The molecule has 7 heteroatoms. The Bertz CT molecular complexity index is 1050. The second-order valence-corrected chi connectivity index (χ2v) is 8.67. The Morgan fingerprint density at radius 2 is 2.00 bits per heavy atom. The van der Waals surface area contributed by atoms with E-state index >= 15 is 0 Å². The monoisotopic (exact) mass is 433 g/mol. The Labute approximate surface area is 187 Å². The van der Waals surface area contributed by atoms with Gasteiger partial charge in [0.05, 0.1) is 11.6 Å². The maximum absolute atomic E-state index is 12.5. The minimum absolute atomic E-state index is 0.264. The molecular weight excluding hydrogens is 406 g/mol. The molecule has 2 N–H and O–H groups in total. The minimum Gasteiger partial charge on any atom is -0.451 e. The van der Waals surface area contributed by atoms with Crippen LogP contribution in [0.3, 0.4) is 0 Å². The molecular formula is C25H27N3O4. The van der Waals surface area contributed by atoms with Crippen LogP contribution in [0.15, 0.2) is 42.5 Å². The van der Waals surface area contributed by atoms with Gasteiger partial charge in [-0.25, -0.2) is 4.79 Å². The van der Waals surface area contributed by atoms with E-state index in [1.54, 1.807) is 6.07 Å². The number of carbonyl (C=O) groups is 2. The molecule has 166 valence electrons. The van der Waals surface area contributed by atoms with Crippen molar-refractivity contribution in [2.45, 2.75) is 44.4 Å². The lowest BCUT2D eigenvalue weighted by molar-refractivity contribution is -0.132. The molecule has 1 amide bonds. The van der Waals surface area contributed by atoms with Crippen LogP contribution in [0, 0.1) is 11.3 Å². The normalized spacial score (nSPS) is 20.4. The molecule has 1 fully saturated rings. The number of ether oxygens (including phenoxy) is 2. The highest BCUT2D eigenvalue weighted by Gasteiger charge is 2.37. The number of rotatable bonds is 5. The molecule has 2 aromatic rings. The van der Waals surface area contributed by atoms with E-state index < -0.39 is 17.7 Å². The Morgan fingerprint density at radius 1 is 1.25 bits per heavy atom. The van der Waals surface area contributed by atoms with Gasteiger partial charge in [-0.15, -0.1) is 0 Å². The fourth-order valence-electron chi connectivity index (χ4n) is 4.09. The zero-order valence-corrected chi connectivity index (χ0v) is 18.3. The van der Waals surface area contributed by atoms with Crippen molar-refractivity contribution in [3.8, 4) is 17.2 Å². The Hall–Kier alpha value is -3.21. The number of nitrogens with zero attached hydrogens (tertiary/aromatic N) is 1. The highest BCUT2D eigenvalue weighted by molar-refractivity contribution is 5.95. The summed E-state index contributed by atoms with van der Waals surface area (Å²) >= 11 is 0. The summed E-state index contributed by atoms with van der Waals surface area (Å²) < 4.78 is 11.0. The van der Waals surface area contributed by atoms with Crippen molar-refractivity contribution in [3.05, 3.63) is 59.2 Å². The number of hydrogen-bond donors (Lipinski definition) is 2. The first-order valence-corrected chi connectivity index (χ1v) is 10.9. The van der Waals surface area contributed by atoms with Crippen LogP contribution in [0.5, 0.6) is 0 Å². The Balaban J connectivity index is 1.43. The first-order chi connectivity index (χ1) is 15.4. The summed E-state index contributed by atoms with van der Waals surface area (Å²) in [5.74, 6) is -0.554. The first kappa shape index (κ1) is 22.0. The maximum atomic E-state index is 12.5. The van der Waals surface area contributed by atoms with E-state index in [-0.39, 0.29) is 11.9 Å². The van der Waals surface area contributed by atoms with Gasteiger partial charge in [0.25, 0.3) is 5.91 Å². The molecule has 2 heterocycles. The topological polar surface area (TPSA) is 100 Å². The summed E-state index contributed by atoms with van der Waals surface area (Å²) in [6, 6.07) is 15.1. The second-order valence-electron chi connectivity index (χ2n) is 8.67. The van der Waals surface area contributed by atoms with E-state index in [9.17, 15) is 14.9 Å². The van der Waals surface area contributed by atoms with Crippen LogP contribution in [0.1, 0.15) is 41.8 Å². The SMILES string of the molecule is CC1(C)OC(=O)c2ccc(-c3ccc(C[C@@H](C#N)NC(=O)[C@@H]4CNCCCO4)cc3)cc21. The van der Waals surface area contributed by atoms with Gasteiger partial charge in [-0.3, -0.25) is 4.79 Å². The summed E-state index contributed by atoms with van der Waals surface area (Å²) in [5, 5.41) is 15.5. The molecule has 0 bridgehead atoms. The zero-order valence-electron chi connectivity index (χ0n) is 18.3. The van der Waals surface area contributed by atoms with Crippen LogP contribution < -0.4 is 10.6 Å². The van der Waals surface area contributed by atoms with E-state index in [0.717, 1.165) is 35.2 Å². The summed E-state index contributed by atoms with van der Waals surface area (Å²) in [4.78, 5) is 24.5. The molecule has 2 aromatic carbocycles. The van der Waals surface area contributed by atoms with Gasteiger partial charge in [0.2, 0.25) is 0 Å². The lowest BCUT2D eigenvalue weighted by Crippen LogP contribution is -2.46. The van der Waals surface area contributed by atoms with E-state index in [1.165, 1.54) is 0 Å². The van der Waals surface area contributed by atoms with Gasteiger partial charge >= 0.3 is 5.97 Å². The molecule has 4 rings (SSSR count). The number of benzene rings is 2. The number of fused-ring (bicyclic) bond motifs is 1. The zero-order chi connectivity index (χ0) is 22.7. The third kappa shape index (κ3) is 4.67. The molecule has 0 spiro atoms. The van der Waals surface area contributed by atoms with Crippen molar-refractivity contribution in [1.82, 2.24) is 10.6 Å². The van der Waals surface area contributed by atoms with Crippen LogP contribution in [-0.2, 0) is 26.3 Å². The number of carbonyl (C=O) groups excluding carboxylic acids is 2. The van der Waals surface area contributed by atoms with Crippen molar-refractivity contribution in [2.75, 3.05) is 19.7 Å². The number of nitriles is 1. The van der Waals surface area contributed by atoms with E-state index in [1.807, 2.05) is 50.2 Å². The number of esters is 1. The molecule has 1 saturated heterocycles. The number of cyclic esters (lactones) is 1. The van der Waals surface area contributed by atoms with Gasteiger partial charge in [-0.1, -0.05) is 30.3 Å². The Kier molecular flexibility index (Phi) is 6.26. The highest BCUT2D eigenvalue weighted by Crippen LogP contribution is 2.38. The largest absolute Gasteiger partial charge is 0.451 e. The van der Waals surface area contributed by atoms with E-state index in [2.05, 4.69) is 16.7 Å². The number of hydrogen-bond acceptors (Lipinski definition) is 6. The predicted molar refractivity (Wildman–Crippen MR) is 119 cm³/mol. The van der Waals surface area contributed by atoms with Crippen LogP contribution >= 0.6 is 0 Å². The second kappa shape index (κ2) is 9.11. The van der Waals surface area contributed by atoms with Crippen molar-refractivity contribution in [1.29, 1.82) is 5.26 Å². The van der Waals surface area contributed by atoms with Crippen LogP contribution in [0.25, 0.3) is 11.1 Å². The van der Waals surface area contributed by atoms with E-state index in [0.29, 0.717) is 25.1 Å². The lowest BCUT2D eigenvalue weighted by atomic mass is 9.91. The summed E-state index contributed by atoms with van der Waals surface area (Å²) in [5.41, 5.74) is 3.78. The summed E-state index contributed by atoms with van der Waals surface area (Å²) in [6.07, 6.45) is 0.695. The molecule has 2 aliphatic rings. The summed E-state index contributed by atoms with van der Waals surface area (Å²) in [7, 11) is 0. The van der Waals surface area contributed by atoms with Crippen LogP contribution in [-0.4, -0.2) is 43.7 Å². The predicted octanol–water partition coefficient (Wildman–Crippen LogP) is 2.69. The Morgan fingerprint density at radius 3 is 2.75 bits per heavy atom. The number of nitrogens with one attached hydrogen (secondary N) is 2. The fraction of sp³-hybridized carbons (Fsp3) is 0.400. The van der Waals surface area contributed by atoms with Gasteiger partial charge in [0.15, 0.2) is 0 Å². The van der Waals surface area contributed by atoms with Gasteiger partial charge in [-0.05, 0) is 55.6 Å². The van der Waals surface area contributed by atoms with Crippen molar-refractivity contribution >= 4 is 11.9 Å². The summed E-state index contributed by atoms with van der Waals surface area (Å²) in [6.45, 7) is 5.58. The van der Waals surface area contributed by atoms with Crippen molar-refractivity contribution < 1.29 is 19.1 Å². The molecule has 0 saturated carbocycles. The molecule has 0 radical (unpaired) electrons. The van der Waals surface area contributed by atoms with Crippen LogP contribution in [0.4, 0.5) is 0 Å². The molecule has 32 heavy (non-hydrogen) atoms. The highest BCUT2D eigenvalue weighted by atomic mass is 16.6. The molecule has 7 nitrogen and oxygen atoms in total. The van der Waals surface area contributed by atoms with Crippen molar-refractivity contribution in [2.24, 2.45) is 0 Å². The van der Waals surface area contributed by atoms with Gasteiger partial charge in [0.1, 0.15) is 17.7 Å². The fourth-order valence-corrected chi connectivity index (χ4v) is 4.09. The first-order valence-electron chi connectivity index (χ1n) is 10.9. The minimum atomic E-state index is -0.642. The lowest BCUT2D eigenvalue weighted by Gasteiger charge is -2.18. The standard InChI is InChI=1S/C25H27N3O4/c1-25(2)21-13-18(8-9-20(21)24(30)32-25)17-6-4-16(5-7-17)12-19(14-26)28-23(29)22-15-27-10-3-11-31-22/h4-9,13,19,22,27H,3,10-12,15H2,1-2H3,(H,28,29)/t19-,22-/m0/s1. The third-order valence-corrected chi connectivity index (χ3v) is 5.87. The van der Waals surface area contributed by atoms with Gasteiger partial charge < -0.3 is 20.1 Å². The van der Waals surface area contributed by atoms with Gasteiger partial charge in [-0.2, -0.15) is 5.26 Å². The van der Waals surface area contributed by atoms with Gasteiger partial charge in [0, 0.05) is 25.1 Å². The molecule has 0 aliphatic carbocycles.